The predicted octanol–water partition coefficient (Wildman–Crippen LogP) is 2.20. The summed E-state index contributed by atoms with van der Waals surface area (Å²) in [6.07, 6.45) is 2.79. The Kier molecular flexibility index (Phi) is 2.46. The van der Waals surface area contributed by atoms with Crippen LogP contribution in [0.5, 0.6) is 0 Å². The molecular weight excluding hydrogens is 190 g/mol. The van der Waals surface area contributed by atoms with Gasteiger partial charge in [0.1, 0.15) is 0 Å². The zero-order valence-electron chi connectivity index (χ0n) is 8.60. The van der Waals surface area contributed by atoms with Crippen molar-refractivity contribution in [2.45, 2.75) is 12.8 Å². The van der Waals surface area contributed by atoms with Crippen LogP contribution in [0.25, 0.3) is 10.9 Å². The maximum Gasteiger partial charge on any atom is 0.303 e. The molecule has 1 aromatic carbocycles. The average molecular weight is 203 g/mol. The van der Waals surface area contributed by atoms with Gasteiger partial charge in [-0.3, -0.25) is 4.79 Å². The van der Waals surface area contributed by atoms with Crippen LogP contribution in [0.1, 0.15) is 12.0 Å². The van der Waals surface area contributed by atoms with Gasteiger partial charge in [0.25, 0.3) is 0 Å². The van der Waals surface area contributed by atoms with Crippen LogP contribution in [0.2, 0.25) is 0 Å². The van der Waals surface area contributed by atoms with E-state index in [0.29, 0.717) is 6.42 Å². The number of nitrogens with zero attached hydrogens (tertiary/aromatic N) is 1. The predicted molar refractivity (Wildman–Crippen MR) is 58.9 cm³/mol. The standard InChI is InChI=1S/C12H13NO2/c1-13-7-6-10-4-2-9(8-11(10)13)3-5-12(14)15/h2,4,6-8H,3,5H2,1H3,(H,14,15). The van der Waals surface area contributed by atoms with E-state index in [4.69, 9.17) is 5.11 Å². The number of aliphatic carboxylic acids is 1. The van der Waals surface area contributed by atoms with E-state index in [1.807, 2.05) is 29.9 Å². The lowest BCUT2D eigenvalue weighted by molar-refractivity contribution is -0.136. The molecule has 2 rings (SSSR count). The van der Waals surface area contributed by atoms with E-state index < -0.39 is 5.97 Å². The van der Waals surface area contributed by atoms with Gasteiger partial charge in [0.15, 0.2) is 0 Å². The van der Waals surface area contributed by atoms with Crippen LogP contribution in [-0.2, 0) is 18.3 Å². The molecular formula is C12H13NO2. The molecule has 3 nitrogen and oxygen atoms in total. The van der Waals surface area contributed by atoms with Crippen molar-refractivity contribution in [2.24, 2.45) is 7.05 Å². The molecule has 15 heavy (non-hydrogen) atoms. The molecule has 0 atom stereocenters. The minimum absolute atomic E-state index is 0.190. The summed E-state index contributed by atoms with van der Waals surface area (Å²) in [6, 6.07) is 8.13. The van der Waals surface area contributed by atoms with Gasteiger partial charge in [-0.1, -0.05) is 12.1 Å². The number of benzene rings is 1. The van der Waals surface area contributed by atoms with Crippen LogP contribution in [0.3, 0.4) is 0 Å². The highest BCUT2D eigenvalue weighted by Gasteiger charge is 2.02. The molecule has 1 aromatic heterocycles. The molecule has 1 heterocycles. The Balaban J connectivity index is 2.29. The van der Waals surface area contributed by atoms with Crippen molar-refractivity contribution in [3.05, 3.63) is 36.0 Å². The van der Waals surface area contributed by atoms with Gasteiger partial charge in [0.05, 0.1) is 0 Å². The summed E-state index contributed by atoms with van der Waals surface area (Å²) in [5.41, 5.74) is 2.23. The van der Waals surface area contributed by atoms with Crippen molar-refractivity contribution in [1.82, 2.24) is 4.57 Å². The van der Waals surface area contributed by atoms with Crippen molar-refractivity contribution < 1.29 is 9.90 Å². The van der Waals surface area contributed by atoms with Crippen LogP contribution in [0.15, 0.2) is 30.5 Å². The van der Waals surface area contributed by atoms with E-state index in [1.165, 1.54) is 5.39 Å². The lowest BCUT2D eigenvalue weighted by Gasteiger charge is -2.01. The Hall–Kier alpha value is -1.77. The summed E-state index contributed by atoms with van der Waals surface area (Å²) in [5, 5.41) is 9.79. The Morgan fingerprint density at radius 3 is 2.93 bits per heavy atom. The van der Waals surface area contributed by atoms with Crippen molar-refractivity contribution in [3.63, 3.8) is 0 Å². The second kappa shape index (κ2) is 3.77. The summed E-state index contributed by atoms with van der Waals surface area (Å²) in [4.78, 5) is 10.4. The molecule has 0 bridgehead atoms. The third kappa shape index (κ3) is 2.01. The SMILES string of the molecule is Cn1ccc2ccc(CCC(=O)O)cc21. The molecule has 0 aliphatic rings. The third-order valence-corrected chi connectivity index (χ3v) is 2.58. The number of carboxylic acids is 1. The second-order valence-corrected chi connectivity index (χ2v) is 3.71. The van der Waals surface area contributed by atoms with Crippen LogP contribution in [-0.4, -0.2) is 15.6 Å². The van der Waals surface area contributed by atoms with Crippen molar-refractivity contribution >= 4 is 16.9 Å². The summed E-state index contributed by atoms with van der Waals surface area (Å²) in [5.74, 6) is -0.748. The van der Waals surface area contributed by atoms with Crippen molar-refractivity contribution in [2.75, 3.05) is 0 Å². The molecule has 2 aromatic rings. The van der Waals surface area contributed by atoms with Crippen molar-refractivity contribution in [3.8, 4) is 0 Å². The van der Waals surface area contributed by atoms with Gasteiger partial charge in [0.2, 0.25) is 0 Å². The zero-order valence-corrected chi connectivity index (χ0v) is 8.60. The van der Waals surface area contributed by atoms with Crippen LogP contribution in [0, 0.1) is 0 Å². The molecule has 0 saturated carbocycles. The lowest BCUT2D eigenvalue weighted by atomic mass is 10.1. The molecule has 3 heteroatoms. The van der Waals surface area contributed by atoms with Gasteiger partial charge in [-0.05, 0) is 29.5 Å². The smallest absolute Gasteiger partial charge is 0.303 e. The number of aromatic nitrogens is 1. The summed E-state index contributed by atoms with van der Waals surface area (Å²) >= 11 is 0. The maximum atomic E-state index is 10.4. The first kappa shape index (κ1) is 9.77. The molecule has 0 radical (unpaired) electrons. The zero-order chi connectivity index (χ0) is 10.8. The fourth-order valence-corrected chi connectivity index (χ4v) is 1.71. The first-order valence-electron chi connectivity index (χ1n) is 4.92. The van der Waals surface area contributed by atoms with E-state index in [0.717, 1.165) is 11.1 Å². The van der Waals surface area contributed by atoms with Gasteiger partial charge < -0.3 is 9.67 Å². The molecule has 0 fully saturated rings. The number of hydrogen-bond acceptors (Lipinski definition) is 1. The molecule has 0 aliphatic carbocycles. The number of fused-ring (bicyclic) bond motifs is 1. The minimum Gasteiger partial charge on any atom is -0.481 e. The molecule has 1 N–H and O–H groups in total. The Labute approximate surface area is 87.9 Å². The van der Waals surface area contributed by atoms with E-state index >= 15 is 0 Å². The first-order valence-corrected chi connectivity index (χ1v) is 4.92. The van der Waals surface area contributed by atoms with Crippen LogP contribution < -0.4 is 0 Å². The Bertz CT molecular complexity index is 499. The summed E-state index contributed by atoms with van der Waals surface area (Å²) in [7, 11) is 1.99. The quantitative estimate of drug-likeness (QED) is 0.830. The Morgan fingerprint density at radius 1 is 1.40 bits per heavy atom. The van der Waals surface area contributed by atoms with Gasteiger partial charge in [-0.15, -0.1) is 0 Å². The average Bonchev–Trinajstić information content (AvgIpc) is 2.57. The summed E-state index contributed by atoms with van der Waals surface area (Å²) in [6.45, 7) is 0. The lowest BCUT2D eigenvalue weighted by Crippen LogP contribution is -1.97. The fourth-order valence-electron chi connectivity index (χ4n) is 1.71. The highest BCUT2D eigenvalue weighted by atomic mass is 16.4. The topological polar surface area (TPSA) is 42.2 Å². The Morgan fingerprint density at radius 2 is 2.20 bits per heavy atom. The number of carbonyl (C=O) groups is 1. The molecule has 0 amide bonds. The largest absolute Gasteiger partial charge is 0.481 e. The van der Waals surface area contributed by atoms with Gasteiger partial charge >= 0.3 is 5.97 Å². The highest BCUT2D eigenvalue weighted by Crippen LogP contribution is 2.17. The molecule has 0 aliphatic heterocycles. The molecule has 0 saturated heterocycles. The van der Waals surface area contributed by atoms with Crippen molar-refractivity contribution in [1.29, 1.82) is 0 Å². The first-order chi connectivity index (χ1) is 7.16. The second-order valence-electron chi connectivity index (χ2n) is 3.71. The molecule has 78 valence electrons. The van der Waals surface area contributed by atoms with Crippen LogP contribution >= 0.6 is 0 Å². The molecule has 0 unspecified atom stereocenters. The van der Waals surface area contributed by atoms with Crippen LogP contribution in [0.4, 0.5) is 0 Å². The third-order valence-electron chi connectivity index (χ3n) is 2.58. The van der Waals surface area contributed by atoms with E-state index in [2.05, 4.69) is 12.1 Å². The number of hydrogen-bond donors (Lipinski definition) is 1. The number of aryl methyl sites for hydroxylation is 2. The fraction of sp³-hybridized carbons (Fsp3) is 0.250. The monoisotopic (exact) mass is 203 g/mol. The number of carboxylic acid groups (broad SMARTS) is 1. The van der Waals surface area contributed by atoms with E-state index in [-0.39, 0.29) is 6.42 Å². The maximum absolute atomic E-state index is 10.4. The van der Waals surface area contributed by atoms with E-state index in [1.54, 1.807) is 0 Å². The van der Waals surface area contributed by atoms with Gasteiger partial charge in [-0.2, -0.15) is 0 Å². The minimum atomic E-state index is -0.748. The van der Waals surface area contributed by atoms with E-state index in [9.17, 15) is 4.79 Å². The molecule has 0 spiro atoms. The van der Waals surface area contributed by atoms with Gasteiger partial charge in [0, 0.05) is 25.2 Å². The highest BCUT2D eigenvalue weighted by molar-refractivity contribution is 5.80. The van der Waals surface area contributed by atoms with Gasteiger partial charge in [-0.25, -0.2) is 0 Å². The summed E-state index contributed by atoms with van der Waals surface area (Å²) < 4.78 is 2.04. The normalized spacial score (nSPS) is 10.7. The number of rotatable bonds is 3.